The molecule has 3 aromatic rings. The van der Waals surface area contributed by atoms with Crippen molar-refractivity contribution in [3.8, 4) is 17.0 Å². The number of rotatable bonds is 3. The molecular formula is C15H12N3NaO3. The Morgan fingerprint density at radius 1 is 1.32 bits per heavy atom. The van der Waals surface area contributed by atoms with Gasteiger partial charge in [0.25, 0.3) is 0 Å². The number of fused-ring (bicyclic) bond motifs is 1. The first-order valence-corrected chi connectivity index (χ1v) is 6.31. The smallest absolute Gasteiger partial charge is 0.543 e. The fourth-order valence-corrected chi connectivity index (χ4v) is 2.26. The van der Waals surface area contributed by atoms with Crippen molar-refractivity contribution in [2.75, 3.05) is 7.11 Å². The Morgan fingerprint density at radius 3 is 2.73 bits per heavy atom. The van der Waals surface area contributed by atoms with Crippen molar-refractivity contribution in [3.63, 3.8) is 0 Å². The molecule has 0 aliphatic carbocycles. The first kappa shape index (κ1) is 16.5. The molecule has 0 aliphatic rings. The molecule has 0 unspecified atom stereocenters. The summed E-state index contributed by atoms with van der Waals surface area (Å²) in [5, 5.41) is 11.1. The first-order chi connectivity index (χ1) is 10.1. The van der Waals surface area contributed by atoms with E-state index >= 15 is 0 Å². The van der Waals surface area contributed by atoms with Crippen molar-refractivity contribution in [2.24, 2.45) is 0 Å². The zero-order valence-corrected chi connectivity index (χ0v) is 14.5. The quantitative estimate of drug-likeness (QED) is 0.527. The molecule has 0 atom stereocenters. The number of imidazole rings is 1. The Morgan fingerprint density at radius 2 is 2.05 bits per heavy atom. The Balaban J connectivity index is 0.00000176. The summed E-state index contributed by atoms with van der Waals surface area (Å²) < 4.78 is 6.93. The molecule has 0 N–H and O–H groups in total. The zero-order chi connectivity index (χ0) is 15.0. The molecule has 2 heterocycles. The SMILES string of the molecule is COc1ccccc1-c1cc(C)n2cnc(C(=O)[O-])c2n1.[Na+]. The summed E-state index contributed by atoms with van der Waals surface area (Å²) in [5.41, 5.74) is 2.32. The molecule has 7 heteroatoms. The number of para-hydroxylation sites is 1. The second-order valence-corrected chi connectivity index (χ2v) is 4.56. The first-order valence-electron chi connectivity index (χ1n) is 6.31. The van der Waals surface area contributed by atoms with Crippen molar-refractivity contribution < 1.29 is 44.2 Å². The van der Waals surface area contributed by atoms with Crippen LogP contribution in [0.15, 0.2) is 36.7 Å². The van der Waals surface area contributed by atoms with Gasteiger partial charge >= 0.3 is 29.6 Å². The van der Waals surface area contributed by atoms with Gasteiger partial charge in [-0.2, -0.15) is 0 Å². The Hall–Kier alpha value is -1.89. The number of carbonyl (C=O) groups excluding carboxylic acids is 1. The summed E-state index contributed by atoms with van der Waals surface area (Å²) in [6, 6.07) is 9.28. The molecule has 0 saturated heterocycles. The second-order valence-electron chi connectivity index (χ2n) is 4.56. The van der Waals surface area contributed by atoms with E-state index in [1.165, 1.54) is 6.33 Å². The van der Waals surface area contributed by atoms with Crippen LogP contribution in [0.1, 0.15) is 16.2 Å². The van der Waals surface area contributed by atoms with E-state index in [1.54, 1.807) is 11.5 Å². The number of benzene rings is 1. The van der Waals surface area contributed by atoms with Crippen LogP contribution in [0.3, 0.4) is 0 Å². The van der Waals surface area contributed by atoms with E-state index in [-0.39, 0.29) is 40.9 Å². The summed E-state index contributed by atoms with van der Waals surface area (Å²) in [5.74, 6) is -0.676. The topological polar surface area (TPSA) is 79.5 Å². The normalized spacial score (nSPS) is 10.3. The van der Waals surface area contributed by atoms with Crippen LogP contribution in [0, 0.1) is 6.92 Å². The molecule has 0 aliphatic heterocycles. The molecule has 6 nitrogen and oxygen atoms in total. The van der Waals surface area contributed by atoms with Crippen LogP contribution in [-0.2, 0) is 0 Å². The van der Waals surface area contributed by atoms with Crippen LogP contribution in [0.2, 0.25) is 0 Å². The average molecular weight is 305 g/mol. The minimum absolute atomic E-state index is 0. The number of methoxy groups -OCH3 is 1. The van der Waals surface area contributed by atoms with E-state index in [4.69, 9.17) is 4.74 Å². The van der Waals surface area contributed by atoms with Gasteiger partial charge in [0.1, 0.15) is 17.8 Å². The van der Waals surface area contributed by atoms with Gasteiger partial charge in [-0.25, -0.2) is 9.97 Å². The largest absolute Gasteiger partial charge is 1.00 e. The van der Waals surface area contributed by atoms with Crippen molar-refractivity contribution in [1.82, 2.24) is 14.4 Å². The number of carbonyl (C=O) groups is 1. The Labute approximate surface area is 149 Å². The number of carboxylic acid groups (broad SMARTS) is 1. The van der Waals surface area contributed by atoms with Crippen LogP contribution < -0.4 is 39.4 Å². The maximum Gasteiger partial charge on any atom is 1.00 e. The third-order valence-corrected chi connectivity index (χ3v) is 3.27. The van der Waals surface area contributed by atoms with E-state index < -0.39 is 5.97 Å². The molecule has 0 bridgehead atoms. The predicted molar refractivity (Wildman–Crippen MR) is 74.0 cm³/mol. The van der Waals surface area contributed by atoms with Crippen molar-refractivity contribution >= 4 is 11.6 Å². The van der Waals surface area contributed by atoms with Crippen LogP contribution in [0.4, 0.5) is 0 Å². The molecule has 0 spiro atoms. The van der Waals surface area contributed by atoms with Gasteiger partial charge in [-0.1, -0.05) is 12.1 Å². The van der Waals surface area contributed by atoms with Gasteiger partial charge in [0.05, 0.1) is 18.8 Å². The molecular weight excluding hydrogens is 293 g/mol. The van der Waals surface area contributed by atoms with Crippen LogP contribution >= 0.6 is 0 Å². The van der Waals surface area contributed by atoms with E-state index in [9.17, 15) is 9.90 Å². The average Bonchev–Trinajstić information content (AvgIpc) is 2.91. The monoisotopic (exact) mass is 305 g/mol. The summed E-state index contributed by atoms with van der Waals surface area (Å²) in [4.78, 5) is 19.3. The summed E-state index contributed by atoms with van der Waals surface area (Å²) >= 11 is 0. The van der Waals surface area contributed by atoms with Gasteiger partial charge in [0.15, 0.2) is 5.65 Å². The number of hydrogen-bond acceptors (Lipinski definition) is 5. The molecule has 0 fully saturated rings. The van der Waals surface area contributed by atoms with Crippen LogP contribution in [-0.4, -0.2) is 27.4 Å². The van der Waals surface area contributed by atoms with Gasteiger partial charge in [-0.3, -0.25) is 4.40 Å². The second kappa shape index (κ2) is 6.48. The maximum atomic E-state index is 11.1. The molecule has 0 amide bonds. The minimum Gasteiger partial charge on any atom is -0.543 e. The predicted octanol–water partition coefficient (Wildman–Crippen LogP) is -1.92. The third kappa shape index (κ3) is 2.72. The van der Waals surface area contributed by atoms with Crippen molar-refractivity contribution in [3.05, 3.63) is 48.0 Å². The van der Waals surface area contributed by atoms with Crippen LogP contribution in [0.5, 0.6) is 5.75 Å². The standard InChI is InChI=1S/C15H13N3O3.Na/c1-9-7-11(10-5-3-4-6-12(10)21-2)17-14-13(15(19)20)16-8-18(9)14;/h3-8H,1-2H3,(H,19,20);/q;+1/p-1. The van der Waals surface area contributed by atoms with Crippen molar-refractivity contribution in [2.45, 2.75) is 6.92 Å². The Bertz CT molecular complexity index is 845. The number of hydrogen-bond donors (Lipinski definition) is 0. The number of aromatic nitrogens is 3. The number of carboxylic acids is 1. The molecule has 2 aromatic heterocycles. The molecule has 1 aromatic carbocycles. The van der Waals surface area contributed by atoms with E-state index in [0.29, 0.717) is 11.4 Å². The van der Waals surface area contributed by atoms with Gasteiger partial charge < -0.3 is 14.6 Å². The molecule has 22 heavy (non-hydrogen) atoms. The molecule has 0 radical (unpaired) electrons. The maximum absolute atomic E-state index is 11.1. The van der Waals surface area contributed by atoms with Crippen molar-refractivity contribution in [1.29, 1.82) is 0 Å². The van der Waals surface area contributed by atoms with Crippen LogP contribution in [0.25, 0.3) is 16.9 Å². The van der Waals surface area contributed by atoms with Gasteiger partial charge in [0, 0.05) is 11.3 Å². The molecule has 0 saturated carbocycles. The third-order valence-electron chi connectivity index (χ3n) is 3.27. The number of aryl methyl sites for hydroxylation is 1. The van der Waals surface area contributed by atoms with Gasteiger partial charge in [0.2, 0.25) is 0 Å². The van der Waals surface area contributed by atoms with E-state index in [1.807, 2.05) is 37.3 Å². The fraction of sp³-hybridized carbons (Fsp3) is 0.133. The molecule has 106 valence electrons. The Kier molecular flexibility index (Phi) is 4.85. The van der Waals surface area contributed by atoms with E-state index in [0.717, 1.165) is 11.3 Å². The zero-order valence-electron chi connectivity index (χ0n) is 12.5. The summed E-state index contributed by atoms with van der Waals surface area (Å²) in [6.45, 7) is 1.86. The number of nitrogens with zero attached hydrogens (tertiary/aromatic N) is 3. The minimum atomic E-state index is -1.35. The molecule has 3 rings (SSSR count). The number of aromatic carboxylic acids is 1. The van der Waals surface area contributed by atoms with E-state index in [2.05, 4.69) is 9.97 Å². The summed E-state index contributed by atoms with van der Waals surface area (Å²) in [6.07, 6.45) is 1.43. The van der Waals surface area contributed by atoms with Gasteiger partial charge in [-0.05, 0) is 25.1 Å². The van der Waals surface area contributed by atoms with Gasteiger partial charge in [-0.15, -0.1) is 0 Å². The number of ether oxygens (including phenoxy) is 1. The fourth-order valence-electron chi connectivity index (χ4n) is 2.26. The summed E-state index contributed by atoms with van der Waals surface area (Å²) in [7, 11) is 1.58.